The SMILES string of the molecule is CNC(C)c1ccc(N(C)CCc2ccccn2)c(Br)c1. The quantitative estimate of drug-likeness (QED) is 0.861. The lowest BCUT2D eigenvalue weighted by Gasteiger charge is -2.22. The molecule has 21 heavy (non-hydrogen) atoms. The van der Waals surface area contributed by atoms with Gasteiger partial charge in [-0.15, -0.1) is 0 Å². The Kier molecular flexibility index (Phi) is 5.76. The van der Waals surface area contributed by atoms with Crippen LogP contribution in [0.15, 0.2) is 47.1 Å². The van der Waals surface area contributed by atoms with Gasteiger partial charge in [0.2, 0.25) is 0 Å². The molecule has 2 aromatic rings. The number of benzene rings is 1. The van der Waals surface area contributed by atoms with Crippen molar-refractivity contribution in [3.63, 3.8) is 0 Å². The van der Waals surface area contributed by atoms with E-state index in [2.05, 4.69) is 69.4 Å². The predicted molar refractivity (Wildman–Crippen MR) is 92.8 cm³/mol. The number of aromatic nitrogens is 1. The molecule has 0 bridgehead atoms. The van der Waals surface area contributed by atoms with Crippen molar-refractivity contribution in [3.8, 4) is 0 Å². The average molecular weight is 348 g/mol. The highest BCUT2D eigenvalue weighted by Crippen LogP contribution is 2.28. The molecule has 2 rings (SSSR count). The van der Waals surface area contributed by atoms with Gasteiger partial charge in [0.1, 0.15) is 0 Å². The maximum absolute atomic E-state index is 4.37. The van der Waals surface area contributed by atoms with E-state index in [1.54, 1.807) is 0 Å². The summed E-state index contributed by atoms with van der Waals surface area (Å²) in [6.45, 7) is 3.10. The highest BCUT2D eigenvalue weighted by atomic mass is 79.9. The Hall–Kier alpha value is -1.39. The van der Waals surface area contributed by atoms with Crippen LogP contribution >= 0.6 is 15.9 Å². The number of likely N-dealkylation sites (N-methyl/N-ethyl adjacent to an activating group) is 1. The van der Waals surface area contributed by atoms with Crippen LogP contribution in [0.4, 0.5) is 5.69 Å². The number of hydrogen-bond donors (Lipinski definition) is 1. The lowest BCUT2D eigenvalue weighted by atomic mass is 10.1. The number of hydrogen-bond acceptors (Lipinski definition) is 3. The van der Waals surface area contributed by atoms with Crippen molar-refractivity contribution in [2.45, 2.75) is 19.4 Å². The topological polar surface area (TPSA) is 28.2 Å². The average Bonchev–Trinajstić information content (AvgIpc) is 2.52. The Morgan fingerprint density at radius 1 is 1.29 bits per heavy atom. The Balaban J connectivity index is 2.04. The molecule has 1 N–H and O–H groups in total. The molecule has 0 radical (unpaired) electrons. The first-order valence-electron chi connectivity index (χ1n) is 7.19. The highest BCUT2D eigenvalue weighted by Gasteiger charge is 2.09. The van der Waals surface area contributed by atoms with Gasteiger partial charge >= 0.3 is 0 Å². The molecular weight excluding hydrogens is 326 g/mol. The summed E-state index contributed by atoms with van der Waals surface area (Å²) in [5, 5.41) is 3.26. The maximum atomic E-state index is 4.37. The van der Waals surface area contributed by atoms with Crippen LogP contribution in [0, 0.1) is 0 Å². The fraction of sp³-hybridized carbons (Fsp3) is 0.353. The van der Waals surface area contributed by atoms with Crippen LogP contribution in [0.5, 0.6) is 0 Å². The van der Waals surface area contributed by atoms with E-state index in [1.165, 1.54) is 11.3 Å². The van der Waals surface area contributed by atoms with E-state index in [9.17, 15) is 0 Å². The van der Waals surface area contributed by atoms with Gasteiger partial charge in [-0.05, 0) is 59.7 Å². The fourth-order valence-electron chi connectivity index (χ4n) is 2.22. The van der Waals surface area contributed by atoms with E-state index in [0.29, 0.717) is 6.04 Å². The molecule has 0 aliphatic rings. The molecule has 0 saturated heterocycles. The largest absolute Gasteiger partial charge is 0.373 e. The van der Waals surface area contributed by atoms with Crippen molar-refractivity contribution < 1.29 is 0 Å². The number of nitrogens with zero attached hydrogens (tertiary/aromatic N) is 2. The van der Waals surface area contributed by atoms with Gasteiger partial charge in [0.15, 0.2) is 0 Å². The smallest absolute Gasteiger partial charge is 0.0508 e. The fourth-order valence-corrected chi connectivity index (χ4v) is 2.92. The van der Waals surface area contributed by atoms with Gasteiger partial charge in [-0.2, -0.15) is 0 Å². The zero-order valence-electron chi connectivity index (χ0n) is 12.8. The molecule has 1 aromatic heterocycles. The summed E-state index contributed by atoms with van der Waals surface area (Å²) in [5.41, 5.74) is 3.62. The second-order valence-corrected chi connectivity index (χ2v) is 6.07. The summed E-state index contributed by atoms with van der Waals surface area (Å²) in [5.74, 6) is 0. The van der Waals surface area contributed by atoms with Crippen LogP contribution in [-0.2, 0) is 6.42 Å². The minimum Gasteiger partial charge on any atom is -0.373 e. The molecule has 0 aliphatic carbocycles. The van der Waals surface area contributed by atoms with Crippen molar-refractivity contribution in [1.82, 2.24) is 10.3 Å². The van der Waals surface area contributed by atoms with Gasteiger partial charge in [-0.1, -0.05) is 12.1 Å². The highest BCUT2D eigenvalue weighted by molar-refractivity contribution is 9.10. The van der Waals surface area contributed by atoms with Crippen LogP contribution in [0.3, 0.4) is 0 Å². The van der Waals surface area contributed by atoms with Crippen LogP contribution in [0.1, 0.15) is 24.2 Å². The molecule has 1 heterocycles. The summed E-state index contributed by atoms with van der Waals surface area (Å²) in [6, 6.07) is 12.9. The van der Waals surface area contributed by atoms with Crippen molar-refractivity contribution in [1.29, 1.82) is 0 Å². The first kappa shape index (κ1) is 16.0. The molecule has 0 fully saturated rings. The zero-order chi connectivity index (χ0) is 15.2. The van der Waals surface area contributed by atoms with Crippen molar-refractivity contribution in [2.24, 2.45) is 0 Å². The van der Waals surface area contributed by atoms with E-state index in [0.717, 1.165) is 23.1 Å². The predicted octanol–water partition coefficient (Wildman–Crippen LogP) is 3.80. The summed E-state index contributed by atoms with van der Waals surface area (Å²) in [6.07, 6.45) is 2.79. The summed E-state index contributed by atoms with van der Waals surface area (Å²) >= 11 is 3.69. The lowest BCUT2D eigenvalue weighted by Crippen LogP contribution is -2.21. The van der Waals surface area contributed by atoms with Gasteiger partial charge < -0.3 is 10.2 Å². The Morgan fingerprint density at radius 2 is 2.10 bits per heavy atom. The van der Waals surface area contributed by atoms with Gasteiger partial charge in [-0.3, -0.25) is 4.98 Å². The third kappa shape index (κ3) is 4.29. The van der Waals surface area contributed by atoms with Crippen LogP contribution in [0.25, 0.3) is 0 Å². The number of rotatable bonds is 6. The Bertz CT molecular complexity index is 572. The van der Waals surface area contributed by atoms with Gasteiger partial charge in [0.05, 0.1) is 5.69 Å². The van der Waals surface area contributed by atoms with Crippen LogP contribution < -0.4 is 10.2 Å². The van der Waals surface area contributed by atoms with E-state index in [4.69, 9.17) is 0 Å². The maximum Gasteiger partial charge on any atom is 0.0508 e. The van der Waals surface area contributed by atoms with E-state index < -0.39 is 0 Å². The van der Waals surface area contributed by atoms with Gasteiger partial charge in [-0.25, -0.2) is 0 Å². The zero-order valence-corrected chi connectivity index (χ0v) is 14.4. The number of anilines is 1. The molecule has 1 unspecified atom stereocenters. The molecule has 4 heteroatoms. The normalized spacial score (nSPS) is 12.2. The second-order valence-electron chi connectivity index (χ2n) is 5.21. The Morgan fingerprint density at radius 3 is 2.71 bits per heavy atom. The number of pyridine rings is 1. The third-order valence-corrected chi connectivity index (χ3v) is 4.38. The number of nitrogens with one attached hydrogen (secondary N) is 1. The molecule has 0 aliphatic heterocycles. The Labute approximate surface area is 135 Å². The first-order chi connectivity index (χ1) is 10.1. The summed E-state index contributed by atoms with van der Waals surface area (Å²) in [4.78, 5) is 6.63. The molecule has 1 atom stereocenters. The molecule has 0 saturated carbocycles. The number of halogens is 1. The van der Waals surface area contributed by atoms with E-state index in [-0.39, 0.29) is 0 Å². The summed E-state index contributed by atoms with van der Waals surface area (Å²) < 4.78 is 1.13. The van der Waals surface area contributed by atoms with Crippen molar-refractivity contribution in [2.75, 3.05) is 25.5 Å². The standard InChI is InChI=1S/C17H22BrN3/c1-13(19-2)14-7-8-17(16(18)12-14)21(3)11-9-15-6-4-5-10-20-15/h4-8,10,12-13,19H,9,11H2,1-3H3. The molecule has 0 amide bonds. The molecule has 3 nitrogen and oxygen atoms in total. The minimum atomic E-state index is 0.356. The molecule has 112 valence electrons. The minimum absolute atomic E-state index is 0.356. The van der Waals surface area contributed by atoms with Crippen molar-refractivity contribution in [3.05, 3.63) is 58.3 Å². The van der Waals surface area contributed by atoms with E-state index >= 15 is 0 Å². The molecule has 0 spiro atoms. The van der Waals surface area contributed by atoms with Crippen LogP contribution in [-0.4, -0.2) is 25.6 Å². The molecular formula is C17H22BrN3. The second kappa shape index (κ2) is 7.57. The lowest BCUT2D eigenvalue weighted by molar-refractivity contribution is 0.652. The van der Waals surface area contributed by atoms with Crippen LogP contribution in [0.2, 0.25) is 0 Å². The van der Waals surface area contributed by atoms with Crippen molar-refractivity contribution >= 4 is 21.6 Å². The van der Waals surface area contributed by atoms with Gasteiger partial charge in [0.25, 0.3) is 0 Å². The molecule has 1 aromatic carbocycles. The van der Waals surface area contributed by atoms with Gasteiger partial charge in [0, 0.05) is 42.4 Å². The monoisotopic (exact) mass is 347 g/mol. The van der Waals surface area contributed by atoms with E-state index in [1.807, 2.05) is 25.4 Å². The summed E-state index contributed by atoms with van der Waals surface area (Å²) in [7, 11) is 4.09. The third-order valence-electron chi connectivity index (χ3n) is 3.75. The first-order valence-corrected chi connectivity index (χ1v) is 7.99.